The van der Waals surface area contributed by atoms with E-state index in [0.29, 0.717) is 28.1 Å². The second-order valence-corrected chi connectivity index (χ2v) is 8.34. The maximum absolute atomic E-state index is 14.0. The number of hydrogen-bond donors (Lipinski definition) is 0. The number of nitrogens with zero attached hydrogens (tertiary/aromatic N) is 3. The molecule has 0 saturated heterocycles. The smallest absolute Gasteiger partial charge is 0.227 e. The number of aromatic nitrogens is 3. The molecule has 7 heteroatoms. The summed E-state index contributed by atoms with van der Waals surface area (Å²) < 4.78 is 43.0. The summed E-state index contributed by atoms with van der Waals surface area (Å²) in [6.45, 7) is 1.97. The molecule has 0 N–H and O–H groups in total. The third-order valence-corrected chi connectivity index (χ3v) is 5.98. The lowest BCUT2D eigenvalue weighted by Crippen LogP contribution is -1.99. The molecule has 1 aliphatic rings. The molecule has 1 aliphatic carbocycles. The molecule has 142 valence electrons. The van der Waals surface area contributed by atoms with Gasteiger partial charge in [-0.05, 0) is 62.2 Å². The van der Waals surface area contributed by atoms with Crippen LogP contribution in [0.5, 0.6) is 0 Å². The Morgan fingerprint density at radius 3 is 2.46 bits per heavy atom. The van der Waals surface area contributed by atoms with Crippen LogP contribution in [0.3, 0.4) is 0 Å². The normalized spacial score (nSPS) is 14.3. The van der Waals surface area contributed by atoms with Gasteiger partial charge in [0.25, 0.3) is 6.43 Å². The molecule has 1 saturated carbocycles. The zero-order valence-electron chi connectivity index (χ0n) is 15.0. The molecule has 3 aromatic heterocycles. The van der Waals surface area contributed by atoms with Gasteiger partial charge >= 0.3 is 0 Å². The van der Waals surface area contributed by atoms with Gasteiger partial charge in [-0.3, -0.25) is 0 Å². The first-order valence-corrected chi connectivity index (χ1v) is 9.87. The van der Waals surface area contributed by atoms with E-state index in [4.69, 9.17) is 4.98 Å². The Kier molecular flexibility index (Phi) is 4.01. The van der Waals surface area contributed by atoms with Gasteiger partial charge in [0, 0.05) is 16.4 Å². The highest BCUT2D eigenvalue weighted by Gasteiger charge is 2.33. The summed E-state index contributed by atoms with van der Waals surface area (Å²) in [5.41, 5.74) is 2.13. The van der Waals surface area contributed by atoms with Crippen LogP contribution in [0.25, 0.3) is 27.3 Å². The summed E-state index contributed by atoms with van der Waals surface area (Å²) in [6, 6.07) is 11.2. The number of pyridine rings is 1. The van der Waals surface area contributed by atoms with Gasteiger partial charge in [-0.2, -0.15) is 5.10 Å². The number of thiophene rings is 1. The van der Waals surface area contributed by atoms with Crippen molar-refractivity contribution >= 4 is 22.4 Å². The van der Waals surface area contributed by atoms with Crippen molar-refractivity contribution in [1.82, 2.24) is 14.8 Å². The van der Waals surface area contributed by atoms with Crippen LogP contribution in [0.2, 0.25) is 0 Å². The van der Waals surface area contributed by atoms with Gasteiger partial charge in [0.05, 0.1) is 27.3 Å². The van der Waals surface area contributed by atoms with E-state index in [1.807, 2.05) is 19.1 Å². The number of benzene rings is 1. The number of alkyl halides is 2. The maximum Gasteiger partial charge on any atom is 0.264 e. The topological polar surface area (TPSA) is 30.7 Å². The van der Waals surface area contributed by atoms with Crippen molar-refractivity contribution in [3.05, 3.63) is 64.4 Å². The molecular formula is C21H16F3N3S. The summed E-state index contributed by atoms with van der Waals surface area (Å²) >= 11 is 1.51. The molecule has 4 aromatic rings. The largest absolute Gasteiger partial charge is 0.264 e. The molecule has 5 rings (SSSR count). The SMILES string of the molecule is Cc1ccc(-c2cc(C(F)F)c3c(C4CC4)nn(-c4ccc(F)cc4)c3n2)s1. The molecule has 0 aliphatic heterocycles. The Hall–Kier alpha value is -2.67. The van der Waals surface area contributed by atoms with Crippen LogP contribution in [0.15, 0.2) is 42.5 Å². The van der Waals surface area contributed by atoms with Crippen molar-refractivity contribution < 1.29 is 13.2 Å². The molecule has 0 atom stereocenters. The molecule has 3 heterocycles. The second-order valence-electron chi connectivity index (χ2n) is 7.05. The van der Waals surface area contributed by atoms with Crippen LogP contribution in [0.1, 0.15) is 41.3 Å². The van der Waals surface area contributed by atoms with E-state index in [9.17, 15) is 13.2 Å². The van der Waals surface area contributed by atoms with E-state index in [1.54, 1.807) is 16.8 Å². The fraction of sp³-hybridized carbons (Fsp3) is 0.238. The first kappa shape index (κ1) is 17.4. The molecule has 1 aromatic carbocycles. The van der Waals surface area contributed by atoms with Crippen molar-refractivity contribution in [1.29, 1.82) is 0 Å². The highest BCUT2D eigenvalue weighted by molar-refractivity contribution is 7.15. The number of hydrogen-bond acceptors (Lipinski definition) is 3. The first-order chi connectivity index (χ1) is 13.5. The molecule has 1 fully saturated rings. The zero-order chi connectivity index (χ0) is 19.4. The molecule has 0 spiro atoms. The number of aryl methyl sites for hydroxylation is 1. The third-order valence-electron chi connectivity index (χ3n) is 4.96. The van der Waals surface area contributed by atoms with Crippen molar-refractivity contribution in [3.8, 4) is 16.3 Å². The predicted molar refractivity (Wildman–Crippen MR) is 104 cm³/mol. The minimum Gasteiger partial charge on any atom is -0.227 e. The number of rotatable bonds is 4. The Labute approximate surface area is 163 Å². The minimum absolute atomic E-state index is 0.0404. The van der Waals surface area contributed by atoms with E-state index < -0.39 is 6.43 Å². The Morgan fingerprint density at radius 2 is 1.86 bits per heavy atom. The van der Waals surface area contributed by atoms with Crippen molar-refractivity contribution in [2.45, 2.75) is 32.1 Å². The molecular weight excluding hydrogens is 383 g/mol. The quantitative estimate of drug-likeness (QED) is 0.397. The molecule has 3 nitrogen and oxygen atoms in total. The average Bonchev–Trinajstić information content (AvgIpc) is 3.32. The van der Waals surface area contributed by atoms with Gasteiger partial charge in [0.2, 0.25) is 0 Å². The molecule has 0 unspecified atom stereocenters. The monoisotopic (exact) mass is 399 g/mol. The number of fused-ring (bicyclic) bond motifs is 1. The van der Waals surface area contributed by atoms with Gasteiger partial charge < -0.3 is 0 Å². The molecule has 0 radical (unpaired) electrons. The zero-order valence-corrected chi connectivity index (χ0v) is 15.8. The lowest BCUT2D eigenvalue weighted by molar-refractivity contribution is 0.153. The summed E-state index contributed by atoms with van der Waals surface area (Å²) in [7, 11) is 0. The Bertz CT molecular complexity index is 1170. The fourth-order valence-electron chi connectivity index (χ4n) is 3.45. The van der Waals surface area contributed by atoms with Crippen molar-refractivity contribution in [2.75, 3.05) is 0 Å². The fourth-order valence-corrected chi connectivity index (χ4v) is 4.28. The van der Waals surface area contributed by atoms with Crippen LogP contribution in [-0.2, 0) is 0 Å². The Morgan fingerprint density at radius 1 is 1.11 bits per heavy atom. The molecule has 0 amide bonds. The van der Waals surface area contributed by atoms with Crippen LogP contribution >= 0.6 is 11.3 Å². The van der Waals surface area contributed by atoms with Crippen LogP contribution in [0.4, 0.5) is 13.2 Å². The van der Waals surface area contributed by atoms with Gasteiger partial charge in [-0.25, -0.2) is 22.8 Å². The van der Waals surface area contributed by atoms with Crippen LogP contribution in [-0.4, -0.2) is 14.8 Å². The van der Waals surface area contributed by atoms with Gasteiger partial charge in [-0.1, -0.05) is 0 Å². The minimum atomic E-state index is -2.63. The van der Waals surface area contributed by atoms with E-state index in [0.717, 1.165) is 22.6 Å². The van der Waals surface area contributed by atoms with Crippen molar-refractivity contribution in [3.63, 3.8) is 0 Å². The van der Waals surface area contributed by atoms with Gasteiger partial charge in [0.15, 0.2) is 5.65 Å². The molecule has 0 bridgehead atoms. The highest BCUT2D eigenvalue weighted by atomic mass is 32.1. The van der Waals surface area contributed by atoms with Crippen molar-refractivity contribution in [2.24, 2.45) is 0 Å². The average molecular weight is 399 g/mol. The standard InChI is InChI=1S/C21H16F3N3S/c1-11-2-9-17(28-11)16-10-15(20(23)24)18-19(12-3-4-12)26-27(21(18)25-16)14-7-5-13(22)6-8-14/h2,5-10,12,20H,3-4H2,1H3. The summed E-state index contributed by atoms with van der Waals surface area (Å²) in [5, 5.41) is 5.07. The first-order valence-electron chi connectivity index (χ1n) is 9.05. The summed E-state index contributed by atoms with van der Waals surface area (Å²) in [6.07, 6.45) is -0.762. The van der Waals surface area contributed by atoms with E-state index in [2.05, 4.69) is 5.10 Å². The highest BCUT2D eigenvalue weighted by Crippen LogP contribution is 2.45. The Balaban J connectivity index is 1.82. The third kappa shape index (κ3) is 2.90. The summed E-state index contributed by atoms with van der Waals surface area (Å²) in [4.78, 5) is 6.63. The second kappa shape index (κ2) is 6.44. The van der Waals surface area contributed by atoms with Crippen LogP contribution in [0, 0.1) is 12.7 Å². The summed E-state index contributed by atoms with van der Waals surface area (Å²) in [5.74, 6) is -0.183. The van der Waals surface area contributed by atoms with E-state index >= 15 is 0 Å². The lowest BCUT2D eigenvalue weighted by Gasteiger charge is -2.08. The van der Waals surface area contributed by atoms with E-state index in [1.165, 1.54) is 29.5 Å². The molecule has 28 heavy (non-hydrogen) atoms. The van der Waals surface area contributed by atoms with Gasteiger partial charge in [-0.15, -0.1) is 11.3 Å². The van der Waals surface area contributed by atoms with Gasteiger partial charge in [0.1, 0.15) is 5.82 Å². The maximum atomic E-state index is 14.0. The van der Waals surface area contributed by atoms with E-state index in [-0.39, 0.29) is 17.3 Å². The lowest BCUT2D eigenvalue weighted by atomic mass is 10.1. The van der Waals surface area contributed by atoms with Crippen LogP contribution < -0.4 is 0 Å². The predicted octanol–water partition coefficient (Wildman–Crippen LogP) is 6.41. The number of halogens is 3.